The molecule has 3 heterocycles. The third-order valence-electron chi connectivity index (χ3n) is 7.42. The number of alkyl halides is 2. The van der Waals surface area contributed by atoms with Gasteiger partial charge in [-0.1, -0.05) is 11.6 Å². The zero-order chi connectivity index (χ0) is 29.2. The minimum Gasteiger partial charge on any atom is -0.512 e. The molecule has 1 atom stereocenters. The first-order valence-electron chi connectivity index (χ1n) is 13.3. The van der Waals surface area contributed by atoms with Crippen molar-refractivity contribution in [2.24, 2.45) is 5.41 Å². The fourth-order valence-corrected chi connectivity index (χ4v) is 5.80. The van der Waals surface area contributed by atoms with Crippen LogP contribution in [0.15, 0.2) is 24.0 Å². The number of aliphatic hydroxyl groups excluding tert-OH is 2. The lowest BCUT2D eigenvalue weighted by atomic mass is 9.79. The van der Waals surface area contributed by atoms with Gasteiger partial charge in [0.1, 0.15) is 30.0 Å². The summed E-state index contributed by atoms with van der Waals surface area (Å²) >= 11 is 6.60. The van der Waals surface area contributed by atoms with Crippen LogP contribution in [0.3, 0.4) is 0 Å². The molecule has 0 bridgehead atoms. The summed E-state index contributed by atoms with van der Waals surface area (Å²) in [5.74, 6) is 1.39. The number of likely N-dealkylation sites (N-methyl/N-ethyl adjacent to an activating group) is 1. The minimum atomic E-state index is -2.35. The number of halogens is 3. The Balaban J connectivity index is 1.70. The lowest BCUT2D eigenvalue weighted by Crippen LogP contribution is -2.58. The van der Waals surface area contributed by atoms with Crippen molar-refractivity contribution in [3.05, 3.63) is 40.2 Å². The molecule has 2 aromatic rings. The summed E-state index contributed by atoms with van der Waals surface area (Å²) in [6.45, 7) is 7.77. The van der Waals surface area contributed by atoms with Crippen molar-refractivity contribution >= 4 is 28.7 Å². The molecule has 218 valence electrons. The van der Waals surface area contributed by atoms with E-state index in [-0.39, 0.29) is 30.0 Å². The molecule has 1 aromatic carbocycles. The summed E-state index contributed by atoms with van der Waals surface area (Å²) in [6, 6.07) is 5.07. The van der Waals surface area contributed by atoms with Gasteiger partial charge in [0.15, 0.2) is 5.82 Å². The third-order valence-corrected chi connectivity index (χ3v) is 7.75. The molecule has 2 saturated heterocycles. The Bertz CT molecular complexity index is 1280. The monoisotopic (exact) mass is 578 g/mol. The number of aliphatic hydroxyl groups is 2. The van der Waals surface area contributed by atoms with Crippen LogP contribution in [-0.4, -0.2) is 96.2 Å². The molecule has 0 saturated carbocycles. The number of likely N-dealkylation sites (tertiary alicyclic amines) is 1. The van der Waals surface area contributed by atoms with Gasteiger partial charge in [-0.25, -0.2) is 18.7 Å². The third kappa shape index (κ3) is 6.54. The van der Waals surface area contributed by atoms with E-state index in [0.29, 0.717) is 77.5 Å². The molecule has 2 aliphatic rings. The quantitative estimate of drug-likeness (QED) is 0.232. The number of hydrogen-bond donors (Lipinski definition) is 4. The largest absolute Gasteiger partial charge is 0.512 e. The second-order valence-electron chi connectivity index (χ2n) is 10.8. The molecule has 1 spiro atoms. The molecular formula is C28H37ClF2N6O3. The predicted octanol–water partition coefficient (Wildman–Crippen LogP) is 4.17. The highest BCUT2D eigenvalue weighted by atomic mass is 35.5. The predicted molar refractivity (Wildman–Crippen MR) is 153 cm³/mol. The number of rotatable bonds is 11. The fraction of sp³-hybridized carbons (Fsp3) is 0.536. The van der Waals surface area contributed by atoms with Crippen LogP contribution >= 0.6 is 11.6 Å². The maximum atomic E-state index is 12.9. The van der Waals surface area contributed by atoms with Gasteiger partial charge in [-0.2, -0.15) is 0 Å². The zero-order valence-electron chi connectivity index (χ0n) is 23.3. The van der Waals surface area contributed by atoms with Gasteiger partial charge < -0.3 is 30.6 Å². The van der Waals surface area contributed by atoms with Crippen LogP contribution < -0.4 is 15.0 Å². The van der Waals surface area contributed by atoms with Crippen LogP contribution in [0.1, 0.15) is 31.5 Å². The van der Waals surface area contributed by atoms with Gasteiger partial charge in [-0.3, -0.25) is 4.90 Å². The summed E-state index contributed by atoms with van der Waals surface area (Å²) in [5, 5.41) is 32.1. The Labute approximate surface area is 238 Å². The van der Waals surface area contributed by atoms with Crippen molar-refractivity contribution in [2.45, 2.75) is 39.7 Å². The van der Waals surface area contributed by atoms with Gasteiger partial charge in [0.05, 0.1) is 22.8 Å². The van der Waals surface area contributed by atoms with Gasteiger partial charge in [0, 0.05) is 48.4 Å². The van der Waals surface area contributed by atoms with E-state index >= 15 is 0 Å². The molecule has 0 unspecified atom stereocenters. The number of aromatic nitrogens is 2. The van der Waals surface area contributed by atoms with E-state index in [1.807, 2.05) is 11.8 Å². The molecule has 2 aliphatic heterocycles. The lowest BCUT2D eigenvalue weighted by Gasteiger charge is -2.49. The second kappa shape index (κ2) is 12.3. The van der Waals surface area contributed by atoms with E-state index < -0.39 is 12.5 Å². The van der Waals surface area contributed by atoms with Crippen LogP contribution in [0.4, 0.5) is 14.6 Å². The maximum absolute atomic E-state index is 12.9. The molecule has 0 aliphatic carbocycles. The topological polar surface area (TPSA) is 118 Å². The molecule has 9 nitrogen and oxygen atoms in total. The van der Waals surface area contributed by atoms with E-state index in [1.165, 1.54) is 6.92 Å². The Morgan fingerprint density at radius 2 is 1.98 bits per heavy atom. The summed E-state index contributed by atoms with van der Waals surface area (Å²) < 4.78 is 31.7. The number of nitrogens with one attached hydrogen (secondary N) is 2. The average Bonchev–Trinajstić information content (AvgIpc) is 3.27. The van der Waals surface area contributed by atoms with Gasteiger partial charge in [0.2, 0.25) is 0 Å². The molecule has 1 aromatic heterocycles. The molecular weight excluding hydrogens is 542 g/mol. The van der Waals surface area contributed by atoms with Crippen molar-refractivity contribution in [1.82, 2.24) is 20.2 Å². The average molecular weight is 579 g/mol. The van der Waals surface area contributed by atoms with E-state index in [9.17, 15) is 19.0 Å². The number of hydrogen-bond acceptors (Lipinski definition) is 9. The van der Waals surface area contributed by atoms with Crippen molar-refractivity contribution in [1.29, 1.82) is 5.41 Å². The Morgan fingerprint density at radius 1 is 1.25 bits per heavy atom. The fourth-order valence-electron chi connectivity index (χ4n) is 5.60. The van der Waals surface area contributed by atoms with Gasteiger partial charge in [0.25, 0.3) is 6.43 Å². The van der Waals surface area contributed by atoms with Gasteiger partial charge in [-0.15, -0.1) is 0 Å². The zero-order valence-corrected chi connectivity index (χ0v) is 24.0. The first-order valence-corrected chi connectivity index (χ1v) is 13.7. The molecule has 4 rings (SSSR count). The second-order valence-corrected chi connectivity index (χ2v) is 11.2. The minimum absolute atomic E-state index is 0.0357. The SMILES string of the molecule is CNC[C@@H](O)COc1ccc(Cl)c(-c2nc(/C(C(C)=N)=C(\C)O)c(C)c(N3CC4(CCN(CC(F)F)C4)C3)n2)c1. The first kappa shape index (κ1) is 30.1. The van der Waals surface area contributed by atoms with E-state index in [0.717, 1.165) is 6.42 Å². The van der Waals surface area contributed by atoms with E-state index in [1.54, 1.807) is 32.2 Å². The highest BCUT2D eigenvalue weighted by Crippen LogP contribution is 2.44. The van der Waals surface area contributed by atoms with Crippen molar-refractivity contribution in [3.63, 3.8) is 0 Å². The highest BCUT2D eigenvalue weighted by Gasteiger charge is 2.49. The van der Waals surface area contributed by atoms with Crippen LogP contribution in [-0.2, 0) is 0 Å². The van der Waals surface area contributed by atoms with Crippen LogP contribution in [0.5, 0.6) is 5.75 Å². The number of anilines is 1. The summed E-state index contributed by atoms with van der Waals surface area (Å²) in [6.07, 6.45) is -2.21. The summed E-state index contributed by atoms with van der Waals surface area (Å²) in [4.78, 5) is 13.6. The van der Waals surface area contributed by atoms with E-state index in [2.05, 4.69) is 10.2 Å². The Morgan fingerprint density at radius 3 is 2.60 bits per heavy atom. The Hall–Kier alpha value is -2.86. The number of nitrogens with zero attached hydrogens (tertiary/aromatic N) is 4. The standard InChI is InChI=1S/C28H37ClF2N6O3/c1-16-25(24(17(2)32)18(3)38)34-26(21-9-20(5-6-22(21)29)40-12-19(39)10-33-4)35-27(16)37-14-28(15-37)7-8-36(13-28)11-23(30)31/h5-6,9,19,23,32-33,38-39H,7-8,10-15H2,1-4H3/b24-18+,32-17?/t19-/m1/s1. The van der Waals surface area contributed by atoms with E-state index in [4.69, 9.17) is 31.7 Å². The van der Waals surface area contributed by atoms with Gasteiger partial charge >= 0.3 is 0 Å². The maximum Gasteiger partial charge on any atom is 0.251 e. The van der Waals surface area contributed by atoms with Crippen LogP contribution in [0.2, 0.25) is 5.02 Å². The van der Waals surface area contributed by atoms with Crippen molar-refractivity contribution in [2.75, 3.05) is 57.8 Å². The van der Waals surface area contributed by atoms with Crippen LogP contribution in [0, 0.1) is 17.7 Å². The number of ether oxygens (including phenoxy) is 1. The lowest BCUT2D eigenvalue weighted by molar-refractivity contribution is 0.0900. The molecule has 40 heavy (non-hydrogen) atoms. The van der Waals surface area contributed by atoms with Gasteiger partial charge in [-0.05, 0) is 59.0 Å². The van der Waals surface area contributed by atoms with Crippen molar-refractivity contribution < 1.29 is 23.7 Å². The molecule has 0 radical (unpaired) electrons. The summed E-state index contributed by atoms with van der Waals surface area (Å²) in [5.41, 5.74) is 2.01. The number of benzene rings is 1. The van der Waals surface area contributed by atoms with Crippen LogP contribution in [0.25, 0.3) is 17.0 Å². The normalized spacial score (nSPS) is 18.2. The molecule has 4 N–H and O–H groups in total. The Kier molecular flexibility index (Phi) is 9.29. The first-order chi connectivity index (χ1) is 18.9. The van der Waals surface area contributed by atoms with Crippen molar-refractivity contribution in [3.8, 4) is 17.1 Å². The smallest absolute Gasteiger partial charge is 0.251 e. The highest BCUT2D eigenvalue weighted by molar-refractivity contribution is 6.33. The molecule has 0 amide bonds. The molecule has 2 fully saturated rings. The summed E-state index contributed by atoms with van der Waals surface area (Å²) in [7, 11) is 1.74. The number of allylic oxidation sites excluding steroid dienone is 2. The molecule has 12 heteroatoms.